The SMILES string of the molecule is c1ccc2c(c1)CN(CC1CNC1)CCO2. The molecule has 0 aromatic heterocycles. The molecule has 0 atom stereocenters. The van der Waals surface area contributed by atoms with Crippen LogP contribution in [0.1, 0.15) is 5.56 Å². The Morgan fingerprint density at radius 1 is 1.31 bits per heavy atom. The van der Waals surface area contributed by atoms with Crippen molar-refractivity contribution in [2.45, 2.75) is 6.54 Å². The second-order valence-corrected chi connectivity index (χ2v) is 4.72. The lowest BCUT2D eigenvalue weighted by Gasteiger charge is -2.32. The predicted octanol–water partition coefficient (Wildman–Crippen LogP) is 1.10. The normalized spacial score (nSPS) is 21.8. The maximum atomic E-state index is 5.75. The van der Waals surface area contributed by atoms with E-state index in [2.05, 4.69) is 28.4 Å². The Morgan fingerprint density at radius 3 is 3.00 bits per heavy atom. The van der Waals surface area contributed by atoms with Gasteiger partial charge in [0.15, 0.2) is 0 Å². The van der Waals surface area contributed by atoms with Crippen molar-refractivity contribution in [3.8, 4) is 5.75 Å². The van der Waals surface area contributed by atoms with Gasteiger partial charge in [-0.2, -0.15) is 0 Å². The van der Waals surface area contributed by atoms with Crippen LogP contribution in [0.2, 0.25) is 0 Å². The standard InChI is InChI=1S/C13H18N2O/c1-2-4-13-12(3-1)10-15(5-6-16-13)9-11-7-14-8-11/h1-4,11,14H,5-10H2. The molecule has 0 bridgehead atoms. The summed E-state index contributed by atoms with van der Waals surface area (Å²) in [6.45, 7) is 6.46. The Hall–Kier alpha value is -1.06. The van der Waals surface area contributed by atoms with Crippen LogP contribution in [-0.4, -0.2) is 37.7 Å². The lowest BCUT2D eigenvalue weighted by atomic mass is 10.0. The van der Waals surface area contributed by atoms with Crippen molar-refractivity contribution < 1.29 is 4.74 Å². The molecule has 2 aliphatic rings. The van der Waals surface area contributed by atoms with Gasteiger partial charge < -0.3 is 10.1 Å². The van der Waals surface area contributed by atoms with Gasteiger partial charge in [-0.1, -0.05) is 18.2 Å². The summed E-state index contributed by atoms with van der Waals surface area (Å²) < 4.78 is 5.75. The number of para-hydroxylation sites is 1. The van der Waals surface area contributed by atoms with Crippen LogP contribution < -0.4 is 10.1 Å². The zero-order valence-corrected chi connectivity index (χ0v) is 9.48. The highest BCUT2D eigenvalue weighted by Crippen LogP contribution is 2.23. The van der Waals surface area contributed by atoms with Gasteiger partial charge in [-0.05, 0) is 12.0 Å². The van der Waals surface area contributed by atoms with Gasteiger partial charge in [-0.3, -0.25) is 4.90 Å². The van der Waals surface area contributed by atoms with Gasteiger partial charge in [0.05, 0.1) is 0 Å². The molecule has 0 saturated carbocycles. The Morgan fingerprint density at radius 2 is 2.19 bits per heavy atom. The molecule has 3 nitrogen and oxygen atoms in total. The van der Waals surface area contributed by atoms with Crippen molar-refractivity contribution in [2.75, 3.05) is 32.8 Å². The summed E-state index contributed by atoms with van der Waals surface area (Å²) in [7, 11) is 0. The fraction of sp³-hybridized carbons (Fsp3) is 0.538. The Bertz CT molecular complexity index is 363. The van der Waals surface area contributed by atoms with Crippen molar-refractivity contribution in [1.82, 2.24) is 10.2 Å². The van der Waals surface area contributed by atoms with Crippen LogP contribution in [0.25, 0.3) is 0 Å². The van der Waals surface area contributed by atoms with Crippen LogP contribution in [0, 0.1) is 5.92 Å². The molecule has 0 radical (unpaired) electrons. The molecule has 3 heteroatoms. The summed E-state index contributed by atoms with van der Waals surface area (Å²) in [5.41, 5.74) is 1.33. The molecular formula is C13H18N2O. The summed E-state index contributed by atoms with van der Waals surface area (Å²) >= 11 is 0. The third-order valence-electron chi connectivity index (χ3n) is 3.41. The van der Waals surface area contributed by atoms with E-state index >= 15 is 0 Å². The highest BCUT2D eigenvalue weighted by Gasteiger charge is 2.22. The quantitative estimate of drug-likeness (QED) is 0.804. The first-order valence-corrected chi connectivity index (χ1v) is 6.05. The van der Waals surface area contributed by atoms with E-state index in [1.165, 1.54) is 25.2 Å². The fourth-order valence-corrected chi connectivity index (χ4v) is 2.38. The molecule has 3 rings (SSSR count). The van der Waals surface area contributed by atoms with Gasteiger partial charge in [-0.15, -0.1) is 0 Å². The fourth-order valence-electron chi connectivity index (χ4n) is 2.38. The van der Waals surface area contributed by atoms with E-state index in [0.29, 0.717) is 0 Å². The zero-order chi connectivity index (χ0) is 10.8. The molecule has 1 aromatic carbocycles. The summed E-state index contributed by atoms with van der Waals surface area (Å²) in [6, 6.07) is 8.39. The number of nitrogens with one attached hydrogen (secondary N) is 1. The first kappa shape index (κ1) is 10.1. The number of hydrogen-bond donors (Lipinski definition) is 1. The number of hydrogen-bond acceptors (Lipinski definition) is 3. The first-order chi connectivity index (χ1) is 7.92. The lowest BCUT2D eigenvalue weighted by Crippen LogP contribution is -2.48. The topological polar surface area (TPSA) is 24.5 Å². The minimum Gasteiger partial charge on any atom is -0.492 e. The third kappa shape index (κ3) is 2.06. The van der Waals surface area contributed by atoms with Gasteiger partial charge in [0.1, 0.15) is 12.4 Å². The van der Waals surface area contributed by atoms with Gasteiger partial charge in [0.2, 0.25) is 0 Å². The van der Waals surface area contributed by atoms with Gasteiger partial charge in [-0.25, -0.2) is 0 Å². The molecule has 0 unspecified atom stereocenters. The molecule has 1 fully saturated rings. The van der Waals surface area contributed by atoms with E-state index in [0.717, 1.165) is 31.4 Å². The molecule has 0 spiro atoms. The number of ether oxygens (including phenoxy) is 1. The first-order valence-electron chi connectivity index (χ1n) is 6.05. The average Bonchev–Trinajstić information content (AvgIpc) is 2.45. The molecule has 0 amide bonds. The monoisotopic (exact) mass is 218 g/mol. The second-order valence-electron chi connectivity index (χ2n) is 4.72. The van der Waals surface area contributed by atoms with E-state index in [1.54, 1.807) is 0 Å². The number of benzene rings is 1. The zero-order valence-electron chi connectivity index (χ0n) is 9.48. The molecule has 0 aliphatic carbocycles. The Kier molecular flexibility index (Phi) is 2.80. The maximum absolute atomic E-state index is 5.75. The number of fused-ring (bicyclic) bond motifs is 1. The summed E-state index contributed by atoms with van der Waals surface area (Å²) in [5, 5.41) is 3.33. The maximum Gasteiger partial charge on any atom is 0.123 e. The van der Waals surface area contributed by atoms with Crippen LogP contribution in [-0.2, 0) is 6.54 Å². The number of nitrogens with zero attached hydrogens (tertiary/aromatic N) is 1. The molecule has 2 aliphatic heterocycles. The van der Waals surface area contributed by atoms with Crippen molar-refractivity contribution in [1.29, 1.82) is 0 Å². The molecule has 1 aromatic rings. The molecule has 86 valence electrons. The highest BCUT2D eigenvalue weighted by atomic mass is 16.5. The molecule has 1 saturated heterocycles. The van der Waals surface area contributed by atoms with Crippen molar-refractivity contribution in [2.24, 2.45) is 5.92 Å². The van der Waals surface area contributed by atoms with Gasteiger partial charge in [0.25, 0.3) is 0 Å². The third-order valence-corrected chi connectivity index (χ3v) is 3.41. The lowest BCUT2D eigenvalue weighted by molar-refractivity contribution is 0.172. The van der Waals surface area contributed by atoms with Crippen molar-refractivity contribution >= 4 is 0 Å². The molecule has 2 heterocycles. The summed E-state index contributed by atoms with van der Waals surface area (Å²) in [4.78, 5) is 2.51. The predicted molar refractivity (Wildman–Crippen MR) is 63.6 cm³/mol. The van der Waals surface area contributed by atoms with Crippen LogP contribution >= 0.6 is 0 Å². The molecule has 16 heavy (non-hydrogen) atoms. The van der Waals surface area contributed by atoms with Crippen LogP contribution in [0.4, 0.5) is 0 Å². The van der Waals surface area contributed by atoms with E-state index < -0.39 is 0 Å². The highest BCUT2D eigenvalue weighted by molar-refractivity contribution is 5.33. The molecular weight excluding hydrogens is 200 g/mol. The minimum absolute atomic E-state index is 0.817. The van der Waals surface area contributed by atoms with Gasteiger partial charge in [0, 0.05) is 38.3 Å². The second kappa shape index (κ2) is 4.44. The smallest absolute Gasteiger partial charge is 0.123 e. The molecule has 1 N–H and O–H groups in total. The van der Waals surface area contributed by atoms with Crippen LogP contribution in [0.15, 0.2) is 24.3 Å². The average molecular weight is 218 g/mol. The van der Waals surface area contributed by atoms with Crippen molar-refractivity contribution in [3.63, 3.8) is 0 Å². The Balaban J connectivity index is 1.69. The van der Waals surface area contributed by atoms with E-state index in [1.807, 2.05) is 6.07 Å². The van der Waals surface area contributed by atoms with Crippen LogP contribution in [0.5, 0.6) is 5.75 Å². The van der Waals surface area contributed by atoms with Crippen LogP contribution in [0.3, 0.4) is 0 Å². The number of rotatable bonds is 2. The minimum atomic E-state index is 0.817. The van der Waals surface area contributed by atoms with Crippen molar-refractivity contribution in [3.05, 3.63) is 29.8 Å². The Labute approximate surface area is 96.4 Å². The summed E-state index contributed by atoms with van der Waals surface area (Å²) in [6.07, 6.45) is 0. The van der Waals surface area contributed by atoms with E-state index in [9.17, 15) is 0 Å². The largest absolute Gasteiger partial charge is 0.492 e. The summed E-state index contributed by atoms with van der Waals surface area (Å²) in [5.74, 6) is 1.90. The van der Waals surface area contributed by atoms with E-state index in [4.69, 9.17) is 4.74 Å². The van der Waals surface area contributed by atoms with Gasteiger partial charge >= 0.3 is 0 Å². The van der Waals surface area contributed by atoms with E-state index in [-0.39, 0.29) is 0 Å².